The highest BCUT2D eigenvalue weighted by Crippen LogP contribution is 2.14. The molecule has 0 fully saturated rings. The Balaban J connectivity index is 4.45. The van der Waals surface area contributed by atoms with Crippen LogP contribution in [-0.2, 0) is 28.6 Å². The molecule has 0 bridgehead atoms. The predicted octanol–water partition coefficient (Wildman–Crippen LogP) is 15.3. The van der Waals surface area contributed by atoms with Crippen LogP contribution >= 0.6 is 0 Å². The Hall–Kier alpha value is -2.89. The van der Waals surface area contributed by atoms with Gasteiger partial charge in [-0.2, -0.15) is 0 Å². The fraction of sp³-hybridized carbons (Fsp3) is 0.745. The first-order valence-corrected chi connectivity index (χ1v) is 23.8. The lowest BCUT2D eigenvalue weighted by molar-refractivity contribution is -0.167. The molecule has 0 saturated carbocycles. The van der Waals surface area contributed by atoms with Gasteiger partial charge in [0.2, 0.25) is 0 Å². The molecular weight excluding hydrogens is 709 g/mol. The summed E-state index contributed by atoms with van der Waals surface area (Å²) < 4.78 is 16.7. The number of hydrogen-bond donors (Lipinski definition) is 0. The number of unbranched alkanes of at least 4 members (excludes halogenated alkanes) is 21. The molecule has 0 amide bonds. The molecule has 0 N–H and O–H groups in total. The predicted molar refractivity (Wildman–Crippen MR) is 242 cm³/mol. The third-order valence-corrected chi connectivity index (χ3v) is 9.99. The summed E-state index contributed by atoms with van der Waals surface area (Å²) in [6.45, 7) is 6.50. The molecule has 6 heteroatoms. The highest BCUT2D eigenvalue weighted by molar-refractivity contribution is 5.71. The van der Waals surface area contributed by atoms with Gasteiger partial charge in [-0.05, 0) is 77.0 Å². The van der Waals surface area contributed by atoms with Gasteiger partial charge in [0.15, 0.2) is 6.10 Å². The number of carbonyl (C=O) groups is 3. The molecule has 0 aliphatic carbocycles. The number of carbonyl (C=O) groups excluding carboxylic acids is 3. The summed E-state index contributed by atoms with van der Waals surface area (Å²) in [5.41, 5.74) is 0. The maximum atomic E-state index is 12.7. The monoisotopic (exact) mass is 797 g/mol. The zero-order valence-electron chi connectivity index (χ0n) is 37.3. The van der Waals surface area contributed by atoms with Crippen molar-refractivity contribution >= 4 is 17.9 Å². The van der Waals surface area contributed by atoms with Gasteiger partial charge in [-0.3, -0.25) is 14.4 Å². The molecule has 1 atom stereocenters. The number of esters is 3. The van der Waals surface area contributed by atoms with E-state index >= 15 is 0 Å². The van der Waals surface area contributed by atoms with Gasteiger partial charge in [0.25, 0.3) is 0 Å². The Morgan fingerprint density at radius 1 is 0.351 bits per heavy atom. The zero-order chi connectivity index (χ0) is 41.5. The summed E-state index contributed by atoms with van der Waals surface area (Å²) in [5, 5.41) is 0. The van der Waals surface area contributed by atoms with E-state index in [1.165, 1.54) is 109 Å². The Morgan fingerprint density at radius 2 is 0.667 bits per heavy atom. The molecule has 0 aromatic rings. The Bertz CT molecular complexity index is 1050. The van der Waals surface area contributed by atoms with Gasteiger partial charge < -0.3 is 14.2 Å². The van der Waals surface area contributed by atoms with Gasteiger partial charge in [-0.25, -0.2) is 0 Å². The first kappa shape index (κ1) is 54.1. The molecule has 0 spiro atoms. The van der Waals surface area contributed by atoms with Gasteiger partial charge in [-0.15, -0.1) is 0 Å². The number of allylic oxidation sites excluding steroid dienone is 10. The standard InChI is InChI=1S/C51H88O6/c1-4-7-10-13-16-19-22-23-24-25-26-27-30-32-35-38-41-44-50(53)56-47-48(57-51(54)45-42-39-36-33-29-21-18-15-12-9-6-3)46-55-49(52)43-40-37-34-31-28-20-17-14-11-8-5-2/h14,16-17,19,23-24,26-27,32,35,48H,4-13,15,18,20-22,25,28-31,33-34,36-47H2,1-3H3/b17-14-,19-16-,24-23-,27-26-,35-32-/t48-/m0/s1. The van der Waals surface area contributed by atoms with Crippen molar-refractivity contribution in [2.75, 3.05) is 13.2 Å². The third-order valence-electron chi connectivity index (χ3n) is 9.99. The normalized spacial score (nSPS) is 12.5. The van der Waals surface area contributed by atoms with Crippen LogP contribution in [0.5, 0.6) is 0 Å². The number of rotatable bonds is 42. The van der Waals surface area contributed by atoms with Gasteiger partial charge in [0.05, 0.1) is 0 Å². The second kappa shape index (κ2) is 45.8. The van der Waals surface area contributed by atoms with Crippen LogP contribution in [0.1, 0.15) is 226 Å². The molecule has 0 unspecified atom stereocenters. The molecule has 0 aromatic heterocycles. The first-order chi connectivity index (χ1) is 28.0. The van der Waals surface area contributed by atoms with Gasteiger partial charge in [-0.1, -0.05) is 191 Å². The van der Waals surface area contributed by atoms with Crippen molar-refractivity contribution in [2.24, 2.45) is 0 Å². The Kier molecular flexibility index (Phi) is 43.5. The van der Waals surface area contributed by atoms with Gasteiger partial charge >= 0.3 is 17.9 Å². The molecule has 0 aromatic carbocycles. The summed E-state index contributed by atoms with van der Waals surface area (Å²) >= 11 is 0. The maximum absolute atomic E-state index is 12.7. The van der Waals surface area contributed by atoms with Gasteiger partial charge in [0.1, 0.15) is 13.2 Å². The Labute approximate surface area is 351 Å². The molecule has 57 heavy (non-hydrogen) atoms. The van der Waals surface area contributed by atoms with Crippen LogP contribution in [0.15, 0.2) is 60.8 Å². The van der Waals surface area contributed by atoms with Crippen LogP contribution in [-0.4, -0.2) is 37.2 Å². The number of hydrogen-bond acceptors (Lipinski definition) is 6. The van der Waals surface area contributed by atoms with Crippen molar-refractivity contribution in [3.63, 3.8) is 0 Å². The average molecular weight is 797 g/mol. The lowest BCUT2D eigenvalue weighted by atomic mass is 10.1. The van der Waals surface area contributed by atoms with E-state index in [4.69, 9.17) is 14.2 Å². The van der Waals surface area contributed by atoms with E-state index in [-0.39, 0.29) is 37.5 Å². The number of ether oxygens (including phenoxy) is 3. The fourth-order valence-electron chi connectivity index (χ4n) is 6.36. The summed E-state index contributed by atoms with van der Waals surface area (Å²) in [5.74, 6) is -0.963. The molecule has 6 nitrogen and oxygen atoms in total. The van der Waals surface area contributed by atoms with Crippen LogP contribution < -0.4 is 0 Å². The van der Waals surface area contributed by atoms with Crippen LogP contribution in [0.25, 0.3) is 0 Å². The summed E-state index contributed by atoms with van der Waals surface area (Å²) in [6.07, 6.45) is 54.9. The molecule has 0 aliphatic rings. The van der Waals surface area contributed by atoms with E-state index in [2.05, 4.69) is 81.5 Å². The quantitative estimate of drug-likeness (QED) is 0.0265. The lowest BCUT2D eigenvalue weighted by Crippen LogP contribution is -2.30. The fourth-order valence-corrected chi connectivity index (χ4v) is 6.36. The molecule has 328 valence electrons. The van der Waals surface area contributed by atoms with E-state index < -0.39 is 6.10 Å². The highest BCUT2D eigenvalue weighted by atomic mass is 16.6. The van der Waals surface area contributed by atoms with Crippen molar-refractivity contribution < 1.29 is 28.6 Å². The van der Waals surface area contributed by atoms with Crippen molar-refractivity contribution in [3.8, 4) is 0 Å². The van der Waals surface area contributed by atoms with Crippen LogP contribution in [0.2, 0.25) is 0 Å². The zero-order valence-corrected chi connectivity index (χ0v) is 37.3. The van der Waals surface area contributed by atoms with E-state index in [1.807, 2.05) is 0 Å². The summed E-state index contributed by atoms with van der Waals surface area (Å²) in [7, 11) is 0. The molecule has 0 heterocycles. The maximum Gasteiger partial charge on any atom is 0.306 e. The van der Waals surface area contributed by atoms with Crippen molar-refractivity contribution in [2.45, 2.75) is 232 Å². The SMILES string of the molecule is CCCC/C=C\CCCCCCCC(=O)OC[C@@H](COC(=O)CCC/C=C\C/C=C\C/C=C\C/C=C\CCCCC)OC(=O)CCCCCCCCCCCCC. The van der Waals surface area contributed by atoms with E-state index in [0.29, 0.717) is 19.3 Å². The minimum atomic E-state index is -0.794. The van der Waals surface area contributed by atoms with Gasteiger partial charge in [0, 0.05) is 19.3 Å². The van der Waals surface area contributed by atoms with Crippen LogP contribution in [0.4, 0.5) is 0 Å². The third kappa shape index (κ3) is 44.1. The first-order valence-electron chi connectivity index (χ1n) is 23.8. The lowest BCUT2D eigenvalue weighted by Gasteiger charge is -2.18. The molecule has 0 aliphatic heterocycles. The molecule has 0 radical (unpaired) electrons. The second-order valence-electron chi connectivity index (χ2n) is 15.7. The molecule has 0 saturated heterocycles. The van der Waals surface area contributed by atoms with E-state index in [9.17, 15) is 14.4 Å². The molecular formula is C51H88O6. The van der Waals surface area contributed by atoms with E-state index in [1.54, 1.807) is 0 Å². The van der Waals surface area contributed by atoms with E-state index in [0.717, 1.165) is 70.6 Å². The largest absolute Gasteiger partial charge is 0.462 e. The van der Waals surface area contributed by atoms with Crippen molar-refractivity contribution in [1.29, 1.82) is 0 Å². The smallest absolute Gasteiger partial charge is 0.306 e. The second-order valence-corrected chi connectivity index (χ2v) is 15.7. The van der Waals surface area contributed by atoms with Crippen molar-refractivity contribution in [3.05, 3.63) is 60.8 Å². The topological polar surface area (TPSA) is 78.9 Å². The van der Waals surface area contributed by atoms with Crippen LogP contribution in [0, 0.1) is 0 Å². The minimum Gasteiger partial charge on any atom is -0.462 e. The van der Waals surface area contributed by atoms with Crippen molar-refractivity contribution in [1.82, 2.24) is 0 Å². The summed E-state index contributed by atoms with van der Waals surface area (Å²) in [4.78, 5) is 37.7. The summed E-state index contributed by atoms with van der Waals surface area (Å²) in [6, 6.07) is 0. The highest BCUT2D eigenvalue weighted by Gasteiger charge is 2.19. The average Bonchev–Trinajstić information content (AvgIpc) is 3.21. The Morgan fingerprint density at radius 3 is 1.16 bits per heavy atom. The minimum absolute atomic E-state index is 0.0945. The molecule has 0 rings (SSSR count). The van der Waals surface area contributed by atoms with Crippen LogP contribution in [0.3, 0.4) is 0 Å².